The summed E-state index contributed by atoms with van der Waals surface area (Å²) in [6.45, 7) is 6.70. The molecular formula is C32H27N. The van der Waals surface area contributed by atoms with Crippen molar-refractivity contribution in [2.45, 2.75) is 26.7 Å². The largest absolute Gasteiger partial charge is 0.361 e. The van der Waals surface area contributed by atoms with Crippen molar-refractivity contribution in [1.82, 2.24) is 5.32 Å². The summed E-state index contributed by atoms with van der Waals surface area (Å²) >= 11 is 0. The third-order valence-corrected chi connectivity index (χ3v) is 7.11. The summed E-state index contributed by atoms with van der Waals surface area (Å²) in [5.74, 6) is 0.300. The maximum Gasteiger partial charge on any atom is 0.0459 e. The number of aryl methyl sites for hydroxylation is 1. The molecule has 6 rings (SSSR count). The first kappa shape index (κ1) is 19.8. The van der Waals surface area contributed by atoms with Crippen molar-refractivity contribution in [2.75, 3.05) is 0 Å². The van der Waals surface area contributed by atoms with Gasteiger partial charge in [0.05, 0.1) is 0 Å². The van der Waals surface area contributed by atoms with E-state index in [4.69, 9.17) is 0 Å². The van der Waals surface area contributed by atoms with Crippen LogP contribution in [-0.2, 0) is 0 Å². The van der Waals surface area contributed by atoms with E-state index in [-0.39, 0.29) is 0 Å². The number of benzene rings is 2. The Balaban J connectivity index is 1.38. The molecule has 0 spiro atoms. The van der Waals surface area contributed by atoms with Gasteiger partial charge in [0.1, 0.15) is 0 Å². The lowest BCUT2D eigenvalue weighted by atomic mass is 9.82. The number of rotatable bonds is 3. The molecule has 160 valence electrons. The van der Waals surface area contributed by atoms with Gasteiger partial charge in [0.25, 0.3) is 0 Å². The molecule has 1 N–H and O–H groups in total. The molecule has 1 nitrogen and oxygen atoms in total. The van der Waals surface area contributed by atoms with Crippen LogP contribution in [0.3, 0.4) is 0 Å². The van der Waals surface area contributed by atoms with Crippen molar-refractivity contribution in [1.29, 1.82) is 0 Å². The van der Waals surface area contributed by atoms with E-state index < -0.39 is 0 Å². The molecule has 3 aliphatic carbocycles. The Morgan fingerprint density at radius 2 is 1.55 bits per heavy atom. The minimum atomic E-state index is 0.300. The van der Waals surface area contributed by atoms with Crippen LogP contribution >= 0.6 is 0 Å². The van der Waals surface area contributed by atoms with Crippen LogP contribution < -0.4 is 5.32 Å². The van der Waals surface area contributed by atoms with Gasteiger partial charge in [-0.2, -0.15) is 0 Å². The third-order valence-electron chi connectivity index (χ3n) is 7.11. The first-order valence-electron chi connectivity index (χ1n) is 11.7. The lowest BCUT2D eigenvalue weighted by Crippen LogP contribution is -2.08. The number of nitrogens with one attached hydrogen (secondary N) is 1. The highest BCUT2D eigenvalue weighted by molar-refractivity contribution is 5.85. The molecule has 1 unspecified atom stereocenters. The Labute approximate surface area is 196 Å². The van der Waals surface area contributed by atoms with Crippen molar-refractivity contribution in [3.05, 3.63) is 147 Å². The van der Waals surface area contributed by atoms with Gasteiger partial charge in [-0.25, -0.2) is 0 Å². The van der Waals surface area contributed by atoms with Crippen LogP contribution in [0.4, 0.5) is 0 Å². The Hall–Kier alpha value is -3.84. The Morgan fingerprint density at radius 1 is 0.727 bits per heavy atom. The molecular weight excluding hydrogens is 398 g/mol. The number of fused-ring (bicyclic) bond motifs is 2. The van der Waals surface area contributed by atoms with Crippen LogP contribution in [0.1, 0.15) is 36.5 Å². The molecule has 0 saturated heterocycles. The molecule has 4 aliphatic rings. The highest BCUT2D eigenvalue weighted by Gasteiger charge is 2.35. The van der Waals surface area contributed by atoms with E-state index in [1.165, 1.54) is 61.3 Å². The van der Waals surface area contributed by atoms with Crippen LogP contribution in [0.25, 0.3) is 17.2 Å². The van der Waals surface area contributed by atoms with Gasteiger partial charge < -0.3 is 5.32 Å². The molecule has 1 heteroatoms. The van der Waals surface area contributed by atoms with Crippen LogP contribution in [0, 0.1) is 6.92 Å². The predicted octanol–water partition coefficient (Wildman–Crippen LogP) is 7.84. The van der Waals surface area contributed by atoms with E-state index in [1.807, 2.05) is 12.3 Å². The minimum absolute atomic E-state index is 0.300. The highest BCUT2D eigenvalue weighted by Crippen LogP contribution is 2.53. The fraction of sp³-hybridized carbons (Fsp3) is 0.125. The van der Waals surface area contributed by atoms with Gasteiger partial charge >= 0.3 is 0 Å². The Morgan fingerprint density at radius 3 is 2.39 bits per heavy atom. The molecule has 0 bridgehead atoms. The molecule has 1 atom stereocenters. The van der Waals surface area contributed by atoms with Crippen molar-refractivity contribution >= 4 is 6.08 Å². The lowest BCUT2D eigenvalue weighted by Gasteiger charge is -2.21. The first-order chi connectivity index (χ1) is 16.1. The van der Waals surface area contributed by atoms with Gasteiger partial charge in [0.15, 0.2) is 0 Å². The summed E-state index contributed by atoms with van der Waals surface area (Å²) in [4.78, 5) is 0. The van der Waals surface area contributed by atoms with Crippen molar-refractivity contribution in [2.24, 2.45) is 0 Å². The fourth-order valence-corrected chi connectivity index (χ4v) is 5.55. The second kappa shape index (κ2) is 7.64. The second-order valence-corrected chi connectivity index (χ2v) is 9.28. The standard InChI is InChI=1S/C32H27N/c1-20-11-13-23(14-12-20)24-8-7-9-26-28(24)18-21(2)31(26)32-22(3)19-29-25(15-16-27(29)32)30-10-5-4-6-17-33-30/h4-19,31,33H,1-3H3. The Kier molecular flexibility index (Phi) is 4.58. The van der Waals surface area contributed by atoms with Gasteiger partial charge in [-0.05, 0) is 77.5 Å². The van der Waals surface area contributed by atoms with Gasteiger partial charge in [-0.1, -0.05) is 90.1 Å². The Bertz CT molecular complexity index is 1430. The van der Waals surface area contributed by atoms with Gasteiger partial charge in [0.2, 0.25) is 0 Å². The number of allylic oxidation sites excluding steroid dienone is 12. The summed E-state index contributed by atoms with van der Waals surface area (Å²) < 4.78 is 0. The third kappa shape index (κ3) is 3.15. The zero-order valence-corrected chi connectivity index (χ0v) is 19.3. The van der Waals surface area contributed by atoms with Crippen LogP contribution in [0.2, 0.25) is 0 Å². The first-order valence-corrected chi connectivity index (χ1v) is 11.7. The van der Waals surface area contributed by atoms with Crippen molar-refractivity contribution in [3.8, 4) is 11.1 Å². The molecule has 0 saturated carbocycles. The smallest absolute Gasteiger partial charge is 0.0459 e. The quantitative estimate of drug-likeness (QED) is 0.528. The molecule has 0 fully saturated rings. The number of hydrogen-bond acceptors (Lipinski definition) is 1. The van der Waals surface area contributed by atoms with E-state index in [0.29, 0.717) is 5.92 Å². The molecule has 0 aromatic heterocycles. The zero-order valence-electron chi connectivity index (χ0n) is 19.3. The molecule has 2 aromatic carbocycles. The van der Waals surface area contributed by atoms with E-state index >= 15 is 0 Å². The number of hydrogen-bond donors (Lipinski definition) is 1. The summed E-state index contributed by atoms with van der Waals surface area (Å²) in [7, 11) is 0. The van der Waals surface area contributed by atoms with Crippen LogP contribution in [0.15, 0.2) is 130 Å². The average molecular weight is 426 g/mol. The topological polar surface area (TPSA) is 12.0 Å². The highest BCUT2D eigenvalue weighted by atomic mass is 14.9. The monoisotopic (exact) mass is 425 g/mol. The van der Waals surface area contributed by atoms with Gasteiger partial charge in [-0.3, -0.25) is 0 Å². The lowest BCUT2D eigenvalue weighted by molar-refractivity contribution is 0.955. The van der Waals surface area contributed by atoms with E-state index in [1.54, 1.807) is 0 Å². The normalized spacial score (nSPS) is 20.5. The summed E-state index contributed by atoms with van der Waals surface area (Å²) in [5.41, 5.74) is 16.0. The van der Waals surface area contributed by atoms with Crippen LogP contribution in [-0.4, -0.2) is 0 Å². The molecule has 2 aromatic rings. The van der Waals surface area contributed by atoms with Gasteiger partial charge in [-0.15, -0.1) is 0 Å². The summed E-state index contributed by atoms with van der Waals surface area (Å²) in [6, 6.07) is 15.7. The molecule has 1 heterocycles. The molecule has 1 aliphatic heterocycles. The molecule has 0 radical (unpaired) electrons. The zero-order chi connectivity index (χ0) is 22.5. The van der Waals surface area contributed by atoms with Gasteiger partial charge in [0, 0.05) is 23.4 Å². The van der Waals surface area contributed by atoms with Crippen LogP contribution in [0.5, 0.6) is 0 Å². The van der Waals surface area contributed by atoms with Crippen molar-refractivity contribution < 1.29 is 0 Å². The van der Waals surface area contributed by atoms with Crippen molar-refractivity contribution in [3.63, 3.8) is 0 Å². The maximum absolute atomic E-state index is 3.44. The summed E-state index contributed by atoms with van der Waals surface area (Å²) in [6.07, 6.45) is 19.7. The fourth-order valence-electron chi connectivity index (χ4n) is 5.55. The second-order valence-electron chi connectivity index (χ2n) is 9.28. The minimum Gasteiger partial charge on any atom is -0.361 e. The average Bonchev–Trinajstić information content (AvgIpc) is 3.36. The maximum atomic E-state index is 3.44. The van der Waals surface area contributed by atoms with E-state index in [9.17, 15) is 0 Å². The van der Waals surface area contributed by atoms with E-state index in [0.717, 1.165) is 5.70 Å². The SMILES string of the molecule is CC1=Cc2c(-c3ccc(C)cc3)cccc2C1C1=C(C)C=C2C(C3=CC=CC=CN3)=CC=C21. The summed E-state index contributed by atoms with van der Waals surface area (Å²) in [5, 5.41) is 3.44. The molecule has 33 heavy (non-hydrogen) atoms. The van der Waals surface area contributed by atoms with E-state index in [2.05, 4.69) is 111 Å². The molecule has 0 amide bonds. The predicted molar refractivity (Wildman–Crippen MR) is 139 cm³/mol.